The van der Waals surface area contributed by atoms with Gasteiger partial charge in [0.15, 0.2) is 11.5 Å². The van der Waals surface area contributed by atoms with Gasteiger partial charge in [-0.15, -0.1) is 27.1 Å². The number of nitrogens with zero attached hydrogens (tertiary/aromatic N) is 1. The Morgan fingerprint density at radius 1 is 1.46 bits per heavy atom. The summed E-state index contributed by atoms with van der Waals surface area (Å²) in [6.07, 6.45) is -0.343. The largest absolute Gasteiger partial charge is 0.586 e. The summed E-state index contributed by atoms with van der Waals surface area (Å²) in [5, 5.41) is 2.97. The number of H-pyrrole nitrogens is 1. The Kier molecular flexibility index (Phi) is 4.85. The zero-order valence-corrected chi connectivity index (χ0v) is 15.3. The number of aromatic amines is 1. The Balaban J connectivity index is 1.86. The van der Waals surface area contributed by atoms with E-state index in [2.05, 4.69) is 31.3 Å². The predicted octanol–water partition coefficient (Wildman–Crippen LogP) is 4.46. The van der Waals surface area contributed by atoms with E-state index in [1.165, 1.54) is 23.9 Å². The third-order valence-electron chi connectivity index (χ3n) is 3.62. The van der Waals surface area contributed by atoms with Crippen LogP contribution < -0.4 is 14.8 Å². The first-order valence-electron chi connectivity index (χ1n) is 7.41. The molecule has 1 aromatic carbocycles. The van der Waals surface area contributed by atoms with Crippen molar-refractivity contribution in [2.24, 2.45) is 5.92 Å². The quantitative estimate of drug-likeness (QED) is 0.571. The molecule has 0 bridgehead atoms. The van der Waals surface area contributed by atoms with Crippen molar-refractivity contribution in [1.82, 2.24) is 9.97 Å². The van der Waals surface area contributed by atoms with E-state index in [0.717, 1.165) is 0 Å². The predicted molar refractivity (Wildman–Crippen MR) is 96.7 cm³/mol. The van der Waals surface area contributed by atoms with Gasteiger partial charge in [0.05, 0.1) is 15.9 Å². The standard InChI is InChI=1S/C16H14ClF2N3O3S/c1-4-7(2)12(17)13(26-3)14(23)22-15-20-8-5-10-11(6-9(8)21-15)25-16(18,19)24-10/h4-7H,1H2,2-3H3,(H2,20,21,22,23). The summed E-state index contributed by atoms with van der Waals surface area (Å²) in [4.78, 5) is 19.8. The zero-order chi connectivity index (χ0) is 19.1. The number of thioether (sulfide) groups is 1. The van der Waals surface area contributed by atoms with Crippen LogP contribution in [-0.4, -0.2) is 28.4 Å². The number of anilines is 1. The summed E-state index contributed by atoms with van der Waals surface area (Å²) in [7, 11) is 0. The Labute approximate surface area is 156 Å². The lowest BCUT2D eigenvalue weighted by Crippen LogP contribution is -2.25. The molecule has 6 nitrogen and oxygen atoms in total. The monoisotopic (exact) mass is 401 g/mol. The molecule has 0 saturated carbocycles. The molecule has 10 heteroatoms. The molecule has 26 heavy (non-hydrogen) atoms. The van der Waals surface area contributed by atoms with Crippen LogP contribution in [0.5, 0.6) is 11.5 Å². The number of benzene rings is 1. The number of hydrogen-bond acceptors (Lipinski definition) is 5. The number of halogens is 3. The number of alkyl halides is 2. The highest BCUT2D eigenvalue weighted by Crippen LogP contribution is 2.43. The molecule has 1 aliphatic heterocycles. The zero-order valence-electron chi connectivity index (χ0n) is 13.7. The van der Waals surface area contributed by atoms with Gasteiger partial charge in [0.2, 0.25) is 5.95 Å². The highest BCUT2D eigenvalue weighted by Gasteiger charge is 2.43. The van der Waals surface area contributed by atoms with E-state index >= 15 is 0 Å². The van der Waals surface area contributed by atoms with Gasteiger partial charge in [-0.3, -0.25) is 10.1 Å². The third-order valence-corrected chi connectivity index (χ3v) is 5.08. The molecule has 1 atom stereocenters. The number of rotatable bonds is 5. The number of allylic oxidation sites excluding steroid dienone is 2. The average Bonchev–Trinajstić information content (AvgIpc) is 3.08. The summed E-state index contributed by atoms with van der Waals surface area (Å²) in [5.41, 5.74) is 0.737. The summed E-state index contributed by atoms with van der Waals surface area (Å²) < 4.78 is 34.9. The molecule has 2 heterocycles. The molecule has 1 unspecified atom stereocenters. The van der Waals surface area contributed by atoms with Gasteiger partial charge >= 0.3 is 6.29 Å². The minimum absolute atomic E-state index is 0.114. The number of nitrogens with one attached hydrogen (secondary N) is 2. The molecule has 0 aliphatic carbocycles. The lowest BCUT2D eigenvalue weighted by Gasteiger charge is -2.10. The number of carbonyl (C=O) groups is 1. The number of ether oxygens (including phenoxy) is 2. The number of carbonyl (C=O) groups excluding carboxylic acids is 1. The van der Waals surface area contributed by atoms with Crippen molar-refractivity contribution < 1.29 is 23.0 Å². The molecule has 0 saturated heterocycles. The molecular weight excluding hydrogens is 388 g/mol. The molecule has 0 fully saturated rings. The van der Waals surface area contributed by atoms with Gasteiger partial charge in [0.1, 0.15) is 0 Å². The van der Waals surface area contributed by atoms with Crippen molar-refractivity contribution in [3.63, 3.8) is 0 Å². The lowest BCUT2D eigenvalue weighted by molar-refractivity contribution is -0.286. The molecule has 1 amide bonds. The van der Waals surface area contributed by atoms with E-state index in [-0.39, 0.29) is 23.4 Å². The lowest BCUT2D eigenvalue weighted by atomic mass is 10.1. The van der Waals surface area contributed by atoms with E-state index in [1.807, 2.05) is 6.92 Å². The number of imidazole rings is 1. The topological polar surface area (TPSA) is 76.2 Å². The van der Waals surface area contributed by atoms with Gasteiger partial charge in [0.25, 0.3) is 5.91 Å². The maximum atomic E-state index is 13.1. The fourth-order valence-corrected chi connectivity index (χ4v) is 3.31. The van der Waals surface area contributed by atoms with Gasteiger partial charge in [-0.1, -0.05) is 24.6 Å². The van der Waals surface area contributed by atoms with Crippen LogP contribution >= 0.6 is 23.4 Å². The fourth-order valence-electron chi connectivity index (χ4n) is 2.29. The molecular formula is C16H14ClF2N3O3S. The van der Waals surface area contributed by atoms with Crippen LogP contribution in [0, 0.1) is 5.92 Å². The van der Waals surface area contributed by atoms with E-state index < -0.39 is 12.2 Å². The third kappa shape index (κ3) is 3.49. The number of fused-ring (bicyclic) bond motifs is 2. The van der Waals surface area contributed by atoms with Crippen LogP contribution in [-0.2, 0) is 4.79 Å². The summed E-state index contributed by atoms with van der Waals surface area (Å²) in [5.74, 6) is -0.722. The number of aromatic nitrogens is 2. The first-order chi connectivity index (χ1) is 12.2. The van der Waals surface area contributed by atoms with Crippen molar-refractivity contribution in [2.75, 3.05) is 11.6 Å². The minimum atomic E-state index is -3.70. The van der Waals surface area contributed by atoms with Gasteiger partial charge in [-0.05, 0) is 6.26 Å². The highest BCUT2D eigenvalue weighted by molar-refractivity contribution is 8.03. The second-order valence-electron chi connectivity index (χ2n) is 5.43. The summed E-state index contributed by atoms with van der Waals surface area (Å²) in [6.45, 7) is 5.47. The highest BCUT2D eigenvalue weighted by atomic mass is 35.5. The second kappa shape index (κ2) is 6.81. The Morgan fingerprint density at radius 3 is 2.73 bits per heavy atom. The smallest absolute Gasteiger partial charge is 0.395 e. The van der Waals surface area contributed by atoms with E-state index in [0.29, 0.717) is 21.0 Å². The molecule has 0 radical (unpaired) electrons. The van der Waals surface area contributed by atoms with Gasteiger partial charge < -0.3 is 14.5 Å². The maximum absolute atomic E-state index is 13.1. The normalized spacial score (nSPS) is 17.0. The van der Waals surface area contributed by atoms with E-state index in [4.69, 9.17) is 11.6 Å². The van der Waals surface area contributed by atoms with Crippen LogP contribution in [0.25, 0.3) is 11.0 Å². The average molecular weight is 402 g/mol. The van der Waals surface area contributed by atoms with Crippen molar-refractivity contribution in [3.8, 4) is 11.5 Å². The molecule has 3 rings (SSSR count). The van der Waals surface area contributed by atoms with E-state index in [1.54, 1.807) is 12.3 Å². The van der Waals surface area contributed by atoms with Crippen LogP contribution in [0.15, 0.2) is 34.7 Å². The van der Waals surface area contributed by atoms with Crippen molar-refractivity contribution in [1.29, 1.82) is 0 Å². The molecule has 1 aromatic heterocycles. The first-order valence-corrected chi connectivity index (χ1v) is 9.01. The summed E-state index contributed by atoms with van der Waals surface area (Å²) >= 11 is 7.42. The maximum Gasteiger partial charge on any atom is 0.586 e. The second-order valence-corrected chi connectivity index (χ2v) is 6.65. The van der Waals surface area contributed by atoms with E-state index in [9.17, 15) is 13.6 Å². The van der Waals surface area contributed by atoms with Gasteiger partial charge in [0, 0.05) is 23.1 Å². The van der Waals surface area contributed by atoms with Crippen molar-refractivity contribution >= 4 is 46.3 Å². The van der Waals surface area contributed by atoms with Crippen LogP contribution in [0.3, 0.4) is 0 Å². The molecule has 2 N–H and O–H groups in total. The molecule has 138 valence electrons. The van der Waals surface area contributed by atoms with Crippen LogP contribution in [0.1, 0.15) is 6.92 Å². The van der Waals surface area contributed by atoms with Crippen LogP contribution in [0.4, 0.5) is 14.7 Å². The van der Waals surface area contributed by atoms with Crippen molar-refractivity contribution in [3.05, 3.63) is 34.7 Å². The molecule has 2 aromatic rings. The Hall–Kier alpha value is -2.26. The Morgan fingerprint density at radius 2 is 2.12 bits per heavy atom. The Bertz CT molecular complexity index is 884. The SMILES string of the molecule is C=CC(C)C(Cl)=C(SC)C(=O)Nc1nc2cc3c(cc2[nH]1)OC(F)(F)O3. The van der Waals surface area contributed by atoms with Gasteiger partial charge in [-0.25, -0.2) is 4.98 Å². The number of hydrogen-bond donors (Lipinski definition) is 2. The van der Waals surface area contributed by atoms with Gasteiger partial charge in [-0.2, -0.15) is 0 Å². The minimum Gasteiger partial charge on any atom is -0.395 e. The van der Waals surface area contributed by atoms with Crippen LogP contribution in [0.2, 0.25) is 0 Å². The molecule has 0 spiro atoms. The summed E-state index contributed by atoms with van der Waals surface area (Å²) in [6, 6.07) is 2.63. The molecule has 1 aliphatic rings. The number of amides is 1. The fraction of sp³-hybridized carbons (Fsp3) is 0.250. The first kappa shape index (κ1) is 18.5. The van der Waals surface area contributed by atoms with Crippen molar-refractivity contribution in [2.45, 2.75) is 13.2 Å².